The number of ether oxygens (including phenoxy) is 2. The van der Waals surface area contributed by atoms with Gasteiger partial charge in [0.1, 0.15) is 11.5 Å². The molecule has 0 aliphatic heterocycles. The minimum atomic E-state index is -0.116. The molecule has 0 aliphatic rings. The molecule has 136 valence electrons. The van der Waals surface area contributed by atoms with Crippen LogP contribution in [0.2, 0.25) is 0 Å². The molecule has 1 aromatic heterocycles. The fourth-order valence-electron chi connectivity index (χ4n) is 2.68. The van der Waals surface area contributed by atoms with Gasteiger partial charge in [0.05, 0.1) is 24.4 Å². The number of benzene rings is 2. The van der Waals surface area contributed by atoms with Crippen LogP contribution in [0.25, 0.3) is 10.2 Å². The van der Waals surface area contributed by atoms with Crippen molar-refractivity contribution in [3.05, 3.63) is 48.0 Å². The number of carbonyl (C=O) groups is 1. The number of anilines is 1. The van der Waals surface area contributed by atoms with Crippen LogP contribution in [0, 0.1) is 5.92 Å². The summed E-state index contributed by atoms with van der Waals surface area (Å²) in [5, 5.41) is 0.701. The Bertz CT molecular complexity index is 865. The van der Waals surface area contributed by atoms with Gasteiger partial charge in [-0.25, -0.2) is 4.98 Å². The first-order valence-electron chi connectivity index (χ1n) is 8.42. The fourth-order valence-corrected chi connectivity index (χ4v) is 3.65. The van der Waals surface area contributed by atoms with Crippen LogP contribution in [-0.4, -0.2) is 31.7 Å². The first kappa shape index (κ1) is 18.2. The number of hydrogen-bond acceptors (Lipinski definition) is 5. The van der Waals surface area contributed by atoms with Gasteiger partial charge in [-0.1, -0.05) is 37.3 Å². The summed E-state index contributed by atoms with van der Waals surface area (Å²) in [5.74, 6) is 1.36. The van der Waals surface area contributed by atoms with E-state index < -0.39 is 0 Å². The first-order valence-corrected chi connectivity index (χ1v) is 9.24. The van der Waals surface area contributed by atoms with Gasteiger partial charge in [0.25, 0.3) is 5.91 Å². The minimum Gasteiger partial charge on any atom is -0.497 e. The Morgan fingerprint density at radius 3 is 2.35 bits per heavy atom. The number of nitrogens with zero attached hydrogens (tertiary/aromatic N) is 2. The van der Waals surface area contributed by atoms with Crippen molar-refractivity contribution < 1.29 is 14.3 Å². The standard InChI is InChI=1S/C20H22N2O3S/c1-13(2)12-22(20-21-17-7-5-6-8-18(17)26-20)19(23)14-9-15(24-3)11-16(10-14)25-4/h5-11,13H,12H2,1-4H3. The molecule has 2 aromatic carbocycles. The molecule has 3 aromatic rings. The number of thiazole rings is 1. The van der Waals surface area contributed by atoms with E-state index in [1.165, 1.54) is 11.3 Å². The van der Waals surface area contributed by atoms with Gasteiger partial charge in [-0.15, -0.1) is 0 Å². The second kappa shape index (κ2) is 7.74. The van der Waals surface area contributed by atoms with E-state index in [4.69, 9.17) is 9.47 Å². The highest BCUT2D eigenvalue weighted by molar-refractivity contribution is 7.22. The molecule has 26 heavy (non-hydrogen) atoms. The molecule has 0 unspecified atom stereocenters. The molecule has 0 saturated carbocycles. The highest BCUT2D eigenvalue weighted by atomic mass is 32.1. The van der Waals surface area contributed by atoms with E-state index in [1.807, 2.05) is 24.3 Å². The largest absolute Gasteiger partial charge is 0.497 e. The number of hydrogen-bond donors (Lipinski definition) is 0. The molecule has 1 amide bonds. The Balaban J connectivity index is 2.03. The van der Waals surface area contributed by atoms with Gasteiger partial charge in [0, 0.05) is 18.2 Å². The number of carbonyl (C=O) groups excluding carboxylic acids is 1. The zero-order valence-corrected chi connectivity index (χ0v) is 16.2. The Labute approximate surface area is 157 Å². The van der Waals surface area contributed by atoms with Gasteiger partial charge >= 0.3 is 0 Å². The summed E-state index contributed by atoms with van der Waals surface area (Å²) < 4.78 is 11.7. The predicted octanol–water partition coefficient (Wildman–Crippen LogP) is 4.62. The molecule has 0 saturated heterocycles. The summed E-state index contributed by atoms with van der Waals surface area (Å²) in [7, 11) is 3.14. The lowest BCUT2D eigenvalue weighted by molar-refractivity contribution is 0.0983. The Morgan fingerprint density at radius 2 is 1.77 bits per heavy atom. The minimum absolute atomic E-state index is 0.116. The number of fused-ring (bicyclic) bond motifs is 1. The molecule has 6 heteroatoms. The first-order chi connectivity index (χ1) is 12.5. The van der Waals surface area contributed by atoms with E-state index >= 15 is 0 Å². The van der Waals surface area contributed by atoms with Crippen molar-refractivity contribution in [2.24, 2.45) is 5.92 Å². The zero-order valence-electron chi connectivity index (χ0n) is 15.4. The van der Waals surface area contributed by atoms with E-state index in [9.17, 15) is 4.79 Å². The van der Waals surface area contributed by atoms with Gasteiger partial charge in [-0.3, -0.25) is 9.69 Å². The van der Waals surface area contributed by atoms with E-state index in [1.54, 1.807) is 37.3 Å². The quantitative estimate of drug-likeness (QED) is 0.635. The summed E-state index contributed by atoms with van der Waals surface area (Å²) in [6.07, 6.45) is 0. The van der Waals surface area contributed by atoms with Crippen molar-refractivity contribution in [2.75, 3.05) is 25.7 Å². The third kappa shape index (κ3) is 3.80. The molecule has 1 heterocycles. The third-order valence-electron chi connectivity index (χ3n) is 3.90. The van der Waals surface area contributed by atoms with Crippen LogP contribution < -0.4 is 14.4 Å². The highest BCUT2D eigenvalue weighted by Gasteiger charge is 2.23. The second-order valence-corrected chi connectivity index (χ2v) is 7.38. The van der Waals surface area contributed by atoms with E-state index in [0.29, 0.717) is 34.7 Å². The van der Waals surface area contributed by atoms with Crippen LogP contribution in [0.4, 0.5) is 5.13 Å². The van der Waals surface area contributed by atoms with Gasteiger partial charge < -0.3 is 9.47 Å². The average Bonchev–Trinajstić information content (AvgIpc) is 3.08. The summed E-state index contributed by atoms with van der Waals surface area (Å²) in [6, 6.07) is 13.1. The Hall–Kier alpha value is -2.60. The van der Waals surface area contributed by atoms with Crippen LogP contribution in [0.1, 0.15) is 24.2 Å². The predicted molar refractivity (Wildman–Crippen MR) is 106 cm³/mol. The maximum absolute atomic E-state index is 13.3. The lowest BCUT2D eigenvalue weighted by Gasteiger charge is -2.22. The molecule has 0 spiro atoms. The van der Waals surface area contributed by atoms with Crippen molar-refractivity contribution in [3.8, 4) is 11.5 Å². The highest BCUT2D eigenvalue weighted by Crippen LogP contribution is 2.31. The lowest BCUT2D eigenvalue weighted by Crippen LogP contribution is -2.34. The number of para-hydroxylation sites is 1. The van der Waals surface area contributed by atoms with Crippen molar-refractivity contribution in [1.82, 2.24) is 4.98 Å². The summed E-state index contributed by atoms with van der Waals surface area (Å²) in [4.78, 5) is 19.7. The number of aromatic nitrogens is 1. The molecule has 0 N–H and O–H groups in total. The number of methoxy groups -OCH3 is 2. The monoisotopic (exact) mass is 370 g/mol. The van der Waals surface area contributed by atoms with Gasteiger partial charge in [-0.2, -0.15) is 0 Å². The van der Waals surface area contributed by atoms with Crippen LogP contribution >= 0.6 is 11.3 Å². The summed E-state index contributed by atoms with van der Waals surface area (Å²) in [5.41, 5.74) is 1.42. The molecule has 0 radical (unpaired) electrons. The maximum atomic E-state index is 13.3. The summed E-state index contributed by atoms with van der Waals surface area (Å²) >= 11 is 1.52. The van der Waals surface area contributed by atoms with E-state index in [2.05, 4.69) is 18.8 Å². The normalized spacial score (nSPS) is 11.0. The topological polar surface area (TPSA) is 51.7 Å². The van der Waals surface area contributed by atoms with Gasteiger partial charge in [0.2, 0.25) is 0 Å². The second-order valence-electron chi connectivity index (χ2n) is 6.38. The van der Waals surface area contributed by atoms with Crippen molar-refractivity contribution >= 4 is 32.6 Å². The SMILES string of the molecule is COc1cc(OC)cc(C(=O)N(CC(C)C)c2nc3ccccc3s2)c1. The number of amides is 1. The smallest absolute Gasteiger partial charge is 0.260 e. The van der Waals surface area contributed by atoms with E-state index in [0.717, 1.165) is 10.2 Å². The molecular formula is C20H22N2O3S. The van der Waals surface area contributed by atoms with Gasteiger partial charge in [0.15, 0.2) is 5.13 Å². The van der Waals surface area contributed by atoms with Crippen LogP contribution in [0.15, 0.2) is 42.5 Å². The van der Waals surface area contributed by atoms with Crippen molar-refractivity contribution in [3.63, 3.8) is 0 Å². The molecule has 3 rings (SSSR count). The molecule has 0 fully saturated rings. The average molecular weight is 370 g/mol. The zero-order chi connectivity index (χ0) is 18.7. The van der Waals surface area contributed by atoms with Crippen LogP contribution in [0.5, 0.6) is 11.5 Å². The lowest BCUT2D eigenvalue weighted by atomic mass is 10.1. The molecule has 5 nitrogen and oxygen atoms in total. The van der Waals surface area contributed by atoms with Crippen LogP contribution in [0.3, 0.4) is 0 Å². The molecule has 0 atom stereocenters. The number of rotatable bonds is 6. The van der Waals surface area contributed by atoms with Gasteiger partial charge in [-0.05, 0) is 30.2 Å². The Kier molecular flexibility index (Phi) is 5.42. The van der Waals surface area contributed by atoms with Crippen molar-refractivity contribution in [1.29, 1.82) is 0 Å². The summed E-state index contributed by atoms with van der Waals surface area (Å²) in [6.45, 7) is 4.75. The molecule has 0 bridgehead atoms. The third-order valence-corrected chi connectivity index (χ3v) is 4.96. The van der Waals surface area contributed by atoms with Crippen molar-refractivity contribution in [2.45, 2.75) is 13.8 Å². The van der Waals surface area contributed by atoms with E-state index in [-0.39, 0.29) is 5.91 Å². The fraction of sp³-hybridized carbons (Fsp3) is 0.300. The Morgan fingerprint density at radius 1 is 1.12 bits per heavy atom. The molecular weight excluding hydrogens is 348 g/mol. The van der Waals surface area contributed by atoms with Crippen LogP contribution in [-0.2, 0) is 0 Å². The molecule has 0 aliphatic carbocycles. The maximum Gasteiger partial charge on any atom is 0.260 e.